The molecule has 20 heavy (non-hydrogen) atoms. The summed E-state index contributed by atoms with van der Waals surface area (Å²) in [5, 5.41) is 2.65. The van der Waals surface area contributed by atoms with Gasteiger partial charge < -0.3 is 14.6 Å². The van der Waals surface area contributed by atoms with E-state index in [9.17, 15) is 13.2 Å². The molecular weight excluding hydrogens is 271 g/mol. The summed E-state index contributed by atoms with van der Waals surface area (Å²) < 4.78 is 46.2. The average molecular weight is 285 g/mol. The van der Waals surface area contributed by atoms with Crippen LogP contribution in [-0.2, 0) is 11.3 Å². The van der Waals surface area contributed by atoms with Crippen molar-refractivity contribution in [2.75, 3.05) is 19.0 Å². The van der Waals surface area contributed by atoms with E-state index in [2.05, 4.69) is 10.3 Å². The highest BCUT2D eigenvalue weighted by Crippen LogP contribution is 2.22. The van der Waals surface area contributed by atoms with Gasteiger partial charge in [-0.2, -0.15) is 0 Å². The van der Waals surface area contributed by atoms with Crippen LogP contribution in [0.5, 0.6) is 0 Å². The normalized spacial score (nSPS) is 10.8. The number of nitrogens with zero attached hydrogens (tertiary/aromatic N) is 2. The summed E-state index contributed by atoms with van der Waals surface area (Å²) in [6.07, 6.45) is 3.99. The lowest BCUT2D eigenvalue weighted by Crippen LogP contribution is -2.06. The summed E-state index contributed by atoms with van der Waals surface area (Å²) in [5.74, 6) is -2.87. The molecule has 0 atom stereocenters. The first-order chi connectivity index (χ1) is 9.61. The van der Waals surface area contributed by atoms with Crippen LogP contribution in [0.1, 0.15) is 6.42 Å². The molecule has 7 heteroatoms. The number of anilines is 2. The van der Waals surface area contributed by atoms with Crippen LogP contribution >= 0.6 is 0 Å². The van der Waals surface area contributed by atoms with E-state index in [4.69, 9.17) is 4.74 Å². The highest BCUT2D eigenvalue weighted by atomic mass is 19.2. The van der Waals surface area contributed by atoms with Gasteiger partial charge in [-0.1, -0.05) is 0 Å². The Hall–Kier alpha value is -2.02. The number of hydrogen-bond donors (Lipinski definition) is 1. The third kappa shape index (κ3) is 3.30. The number of halogens is 3. The molecule has 0 spiro atoms. The van der Waals surface area contributed by atoms with Gasteiger partial charge in [0, 0.05) is 44.8 Å². The molecule has 108 valence electrons. The first kappa shape index (κ1) is 14.4. The van der Waals surface area contributed by atoms with Crippen LogP contribution in [0.25, 0.3) is 0 Å². The van der Waals surface area contributed by atoms with Gasteiger partial charge in [0.1, 0.15) is 5.82 Å². The molecule has 0 aliphatic rings. The van der Waals surface area contributed by atoms with Crippen LogP contribution in [0.4, 0.5) is 24.8 Å². The Morgan fingerprint density at radius 1 is 1.20 bits per heavy atom. The second-order valence-electron chi connectivity index (χ2n) is 4.16. The fraction of sp³-hybridized carbons (Fsp3) is 0.308. The maximum absolute atomic E-state index is 13.5. The van der Waals surface area contributed by atoms with Crippen molar-refractivity contribution in [2.45, 2.75) is 13.0 Å². The average Bonchev–Trinajstić information content (AvgIpc) is 2.84. The zero-order valence-electron chi connectivity index (χ0n) is 10.9. The van der Waals surface area contributed by atoms with Crippen molar-refractivity contribution >= 4 is 11.6 Å². The van der Waals surface area contributed by atoms with E-state index in [1.165, 1.54) is 6.20 Å². The fourth-order valence-corrected chi connectivity index (χ4v) is 1.73. The topological polar surface area (TPSA) is 39.1 Å². The molecule has 0 bridgehead atoms. The summed E-state index contributed by atoms with van der Waals surface area (Å²) in [4.78, 5) is 4.01. The zero-order valence-corrected chi connectivity index (χ0v) is 10.9. The fourth-order valence-electron chi connectivity index (χ4n) is 1.73. The molecule has 0 amide bonds. The molecule has 2 rings (SSSR count). The molecule has 1 aromatic heterocycles. The van der Waals surface area contributed by atoms with E-state index in [0.29, 0.717) is 25.2 Å². The zero-order chi connectivity index (χ0) is 14.5. The Bertz CT molecular complexity index is 586. The van der Waals surface area contributed by atoms with Crippen LogP contribution in [0.2, 0.25) is 0 Å². The Labute approximate surface area is 114 Å². The Morgan fingerprint density at radius 2 is 1.95 bits per heavy atom. The Morgan fingerprint density at radius 3 is 2.70 bits per heavy atom. The minimum absolute atomic E-state index is 0.164. The van der Waals surface area contributed by atoms with Gasteiger partial charge >= 0.3 is 0 Å². The Kier molecular flexibility index (Phi) is 4.62. The molecule has 1 aromatic carbocycles. The largest absolute Gasteiger partial charge is 0.385 e. The number of aryl methyl sites for hydroxylation is 1. The van der Waals surface area contributed by atoms with Gasteiger partial charge in [0.15, 0.2) is 11.6 Å². The lowest BCUT2D eigenvalue weighted by molar-refractivity contribution is 0.190. The maximum Gasteiger partial charge on any atom is 0.207 e. The minimum atomic E-state index is -1.23. The van der Waals surface area contributed by atoms with Crippen LogP contribution in [0.15, 0.2) is 24.5 Å². The second kappa shape index (κ2) is 6.42. The monoisotopic (exact) mass is 285 g/mol. The third-order valence-electron chi connectivity index (χ3n) is 2.72. The number of rotatable bonds is 6. The predicted octanol–water partition coefficient (Wildman–Crippen LogP) is 3.08. The molecule has 0 fully saturated rings. The number of ether oxygens (including phenoxy) is 1. The molecule has 1 heterocycles. The highest BCUT2D eigenvalue weighted by molar-refractivity contribution is 5.54. The van der Waals surface area contributed by atoms with Crippen molar-refractivity contribution in [3.8, 4) is 0 Å². The molecule has 4 nitrogen and oxygen atoms in total. The lowest BCUT2D eigenvalue weighted by atomic mass is 10.3. The minimum Gasteiger partial charge on any atom is -0.385 e. The molecule has 0 saturated carbocycles. The lowest BCUT2D eigenvalue weighted by Gasteiger charge is -2.10. The second-order valence-corrected chi connectivity index (χ2v) is 4.16. The van der Waals surface area contributed by atoms with Gasteiger partial charge in [-0.05, 0) is 6.42 Å². The number of aromatic nitrogens is 2. The van der Waals surface area contributed by atoms with E-state index < -0.39 is 17.5 Å². The standard InChI is InChI=1S/C13H14F3N3O/c1-20-6-2-4-19-5-3-17-13(19)18-12-8-10(15)9(14)7-11(12)16/h3,5,7-8H,2,4,6H2,1H3,(H,17,18). The smallest absolute Gasteiger partial charge is 0.207 e. The van der Waals surface area contributed by atoms with Crippen LogP contribution in [0, 0.1) is 17.5 Å². The molecular formula is C13H14F3N3O. The SMILES string of the molecule is COCCCn1ccnc1Nc1cc(F)c(F)cc1F. The van der Waals surface area contributed by atoms with Crippen LogP contribution in [0.3, 0.4) is 0 Å². The van der Waals surface area contributed by atoms with Gasteiger partial charge in [0.05, 0.1) is 5.69 Å². The van der Waals surface area contributed by atoms with Crippen molar-refractivity contribution in [2.24, 2.45) is 0 Å². The van der Waals surface area contributed by atoms with E-state index >= 15 is 0 Å². The molecule has 0 aliphatic heterocycles. The summed E-state index contributed by atoms with van der Waals surface area (Å²) in [7, 11) is 1.60. The third-order valence-corrected chi connectivity index (χ3v) is 2.72. The molecule has 0 radical (unpaired) electrons. The van der Waals surface area contributed by atoms with Gasteiger partial charge in [-0.3, -0.25) is 0 Å². The Balaban J connectivity index is 2.14. The van der Waals surface area contributed by atoms with Crippen molar-refractivity contribution in [3.63, 3.8) is 0 Å². The summed E-state index contributed by atoms with van der Waals surface area (Å²) in [5.41, 5.74) is -0.164. The summed E-state index contributed by atoms with van der Waals surface area (Å²) in [6, 6.07) is 1.26. The summed E-state index contributed by atoms with van der Waals surface area (Å²) >= 11 is 0. The van der Waals surface area contributed by atoms with Crippen LogP contribution < -0.4 is 5.32 Å². The number of hydrogen-bond acceptors (Lipinski definition) is 3. The van der Waals surface area contributed by atoms with Crippen LogP contribution in [-0.4, -0.2) is 23.3 Å². The van der Waals surface area contributed by atoms with E-state index in [-0.39, 0.29) is 5.69 Å². The number of nitrogens with one attached hydrogen (secondary N) is 1. The van der Waals surface area contributed by atoms with E-state index in [0.717, 1.165) is 12.5 Å². The number of methoxy groups -OCH3 is 1. The molecule has 0 aliphatic carbocycles. The molecule has 0 saturated heterocycles. The maximum atomic E-state index is 13.5. The van der Waals surface area contributed by atoms with E-state index in [1.54, 1.807) is 17.9 Å². The van der Waals surface area contributed by atoms with Gasteiger partial charge in [-0.15, -0.1) is 0 Å². The van der Waals surface area contributed by atoms with Gasteiger partial charge in [0.25, 0.3) is 0 Å². The van der Waals surface area contributed by atoms with Crippen molar-refractivity contribution in [1.82, 2.24) is 9.55 Å². The summed E-state index contributed by atoms with van der Waals surface area (Å²) in [6.45, 7) is 1.19. The van der Waals surface area contributed by atoms with Gasteiger partial charge in [-0.25, -0.2) is 18.2 Å². The molecule has 2 aromatic rings. The van der Waals surface area contributed by atoms with Crippen molar-refractivity contribution in [1.29, 1.82) is 0 Å². The predicted molar refractivity (Wildman–Crippen MR) is 68.3 cm³/mol. The first-order valence-corrected chi connectivity index (χ1v) is 6.03. The highest BCUT2D eigenvalue weighted by Gasteiger charge is 2.12. The molecule has 1 N–H and O–H groups in total. The number of imidazole rings is 1. The number of benzene rings is 1. The molecule has 0 unspecified atom stereocenters. The first-order valence-electron chi connectivity index (χ1n) is 6.03. The van der Waals surface area contributed by atoms with E-state index in [1.807, 2.05) is 0 Å². The van der Waals surface area contributed by atoms with Crippen molar-refractivity contribution < 1.29 is 17.9 Å². The van der Waals surface area contributed by atoms with Gasteiger partial charge in [0.2, 0.25) is 5.95 Å². The quantitative estimate of drug-likeness (QED) is 0.655. The van der Waals surface area contributed by atoms with Crippen molar-refractivity contribution in [3.05, 3.63) is 42.0 Å².